The highest BCUT2D eigenvalue weighted by atomic mass is 16.6. The van der Waals surface area contributed by atoms with Crippen LogP contribution >= 0.6 is 0 Å². The minimum Gasteiger partial charge on any atom is -0.462 e. The van der Waals surface area contributed by atoms with Crippen molar-refractivity contribution in [1.82, 2.24) is 0 Å². The second kappa shape index (κ2) is 46.8. The van der Waals surface area contributed by atoms with E-state index in [1.807, 2.05) is 0 Å². The summed E-state index contributed by atoms with van der Waals surface area (Å²) >= 11 is 0. The predicted octanol–water partition coefficient (Wildman–Crippen LogP) is 16.2. The zero-order valence-electron chi connectivity index (χ0n) is 38.4. The van der Waals surface area contributed by atoms with Gasteiger partial charge in [-0.2, -0.15) is 0 Å². The molecule has 6 nitrogen and oxygen atoms in total. The highest BCUT2D eigenvalue weighted by Gasteiger charge is 2.19. The second-order valence-electron chi connectivity index (χ2n) is 17.1. The first-order valence-electron chi connectivity index (χ1n) is 25.2. The Balaban J connectivity index is 4.29. The van der Waals surface area contributed by atoms with Gasteiger partial charge >= 0.3 is 17.9 Å². The van der Waals surface area contributed by atoms with Crippen LogP contribution in [0.2, 0.25) is 0 Å². The Kier molecular flexibility index (Phi) is 45.3. The normalized spacial score (nSPS) is 12.0. The average Bonchev–Trinajstić information content (AvgIpc) is 3.21. The maximum Gasteiger partial charge on any atom is 0.306 e. The average molecular weight is 805 g/mol. The molecule has 0 radical (unpaired) electrons. The van der Waals surface area contributed by atoms with E-state index < -0.39 is 6.10 Å². The monoisotopic (exact) mass is 805 g/mol. The van der Waals surface area contributed by atoms with Crippen molar-refractivity contribution in [3.63, 3.8) is 0 Å². The molecule has 0 fully saturated rings. The van der Waals surface area contributed by atoms with Crippen LogP contribution < -0.4 is 0 Å². The van der Waals surface area contributed by atoms with Crippen molar-refractivity contribution in [3.8, 4) is 0 Å². The summed E-state index contributed by atoms with van der Waals surface area (Å²) in [6, 6.07) is 0. The van der Waals surface area contributed by atoms with Crippen molar-refractivity contribution in [2.24, 2.45) is 0 Å². The number of ether oxygens (including phenoxy) is 3. The highest BCUT2D eigenvalue weighted by molar-refractivity contribution is 5.71. The van der Waals surface area contributed by atoms with E-state index in [4.69, 9.17) is 14.2 Å². The number of hydrogen-bond acceptors (Lipinski definition) is 6. The zero-order valence-corrected chi connectivity index (χ0v) is 38.4. The summed E-state index contributed by atoms with van der Waals surface area (Å²) in [6.45, 7) is 6.64. The Morgan fingerprint density at radius 2 is 0.579 bits per heavy atom. The van der Waals surface area contributed by atoms with E-state index >= 15 is 0 Å². The Hall–Kier alpha value is -1.85. The molecule has 336 valence electrons. The summed E-state index contributed by atoms with van der Waals surface area (Å²) in [5.41, 5.74) is 0. The number of carbonyl (C=O) groups is 3. The zero-order chi connectivity index (χ0) is 41.5. The summed E-state index contributed by atoms with van der Waals surface area (Å²) in [7, 11) is 0. The van der Waals surface area contributed by atoms with Crippen LogP contribution in [0.5, 0.6) is 0 Å². The quantitative estimate of drug-likeness (QED) is 0.0264. The van der Waals surface area contributed by atoms with Crippen molar-refractivity contribution in [2.75, 3.05) is 13.2 Å². The molecule has 0 aliphatic carbocycles. The van der Waals surface area contributed by atoms with Crippen molar-refractivity contribution in [2.45, 2.75) is 284 Å². The lowest BCUT2D eigenvalue weighted by Gasteiger charge is -2.18. The molecule has 0 aromatic carbocycles. The molecule has 0 amide bonds. The van der Waals surface area contributed by atoms with Gasteiger partial charge in [0.1, 0.15) is 13.2 Å². The van der Waals surface area contributed by atoms with Crippen molar-refractivity contribution in [1.29, 1.82) is 0 Å². The number of rotatable bonds is 46. The molecule has 0 rings (SSSR count). The smallest absolute Gasteiger partial charge is 0.306 e. The second-order valence-corrected chi connectivity index (χ2v) is 17.1. The van der Waals surface area contributed by atoms with Crippen LogP contribution in [-0.2, 0) is 28.6 Å². The van der Waals surface area contributed by atoms with Gasteiger partial charge in [0.05, 0.1) is 0 Å². The lowest BCUT2D eigenvalue weighted by atomic mass is 10.0. The van der Waals surface area contributed by atoms with E-state index in [-0.39, 0.29) is 31.1 Å². The predicted molar refractivity (Wildman–Crippen MR) is 243 cm³/mol. The summed E-state index contributed by atoms with van der Waals surface area (Å²) in [5.74, 6) is -0.859. The molecule has 0 saturated carbocycles. The fourth-order valence-corrected chi connectivity index (χ4v) is 7.44. The van der Waals surface area contributed by atoms with Crippen LogP contribution in [0.3, 0.4) is 0 Å². The highest BCUT2D eigenvalue weighted by Crippen LogP contribution is 2.16. The maximum atomic E-state index is 12.7. The van der Waals surface area contributed by atoms with E-state index in [1.54, 1.807) is 0 Å². The van der Waals surface area contributed by atoms with Gasteiger partial charge in [0.25, 0.3) is 0 Å². The van der Waals surface area contributed by atoms with Gasteiger partial charge in [-0.1, -0.05) is 226 Å². The number of unbranched alkanes of at least 4 members (excludes halogenated alkanes) is 33. The molecule has 0 aliphatic rings. The third-order valence-corrected chi connectivity index (χ3v) is 11.3. The molecule has 0 unspecified atom stereocenters. The van der Waals surface area contributed by atoms with E-state index in [0.717, 1.165) is 57.8 Å². The van der Waals surface area contributed by atoms with Crippen LogP contribution in [0.25, 0.3) is 0 Å². The summed E-state index contributed by atoms with van der Waals surface area (Å²) in [6.07, 6.45) is 50.5. The number of hydrogen-bond donors (Lipinski definition) is 0. The lowest BCUT2D eigenvalue weighted by Crippen LogP contribution is -2.30. The maximum absolute atomic E-state index is 12.7. The van der Waals surface area contributed by atoms with E-state index in [1.165, 1.54) is 180 Å². The van der Waals surface area contributed by atoms with Gasteiger partial charge in [0, 0.05) is 19.3 Å². The fourth-order valence-electron chi connectivity index (χ4n) is 7.44. The van der Waals surface area contributed by atoms with Gasteiger partial charge in [-0.15, -0.1) is 0 Å². The van der Waals surface area contributed by atoms with E-state index in [2.05, 4.69) is 32.9 Å². The first kappa shape index (κ1) is 55.2. The molecule has 0 aromatic heterocycles. The molecule has 0 heterocycles. The molecule has 0 spiro atoms. The van der Waals surface area contributed by atoms with Gasteiger partial charge in [0.15, 0.2) is 6.10 Å². The summed E-state index contributed by atoms with van der Waals surface area (Å²) in [4.78, 5) is 37.8. The standard InChI is InChI=1S/C51H96O6/c1-4-7-10-13-16-19-22-24-25-26-27-28-30-32-35-38-41-44-50(53)56-47-48(46-55-49(52)43-40-37-34-31-21-18-15-12-9-6-3)57-51(54)45-42-39-36-33-29-23-20-17-14-11-8-5-2/h24-25,48H,4-23,26-47H2,1-3H3/b25-24-/t48-/m1/s1. The third kappa shape index (κ3) is 45.1. The van der Waals surface area contributed by atoms with Gasteiger partial charge in [-0.3, -0.25) is 14.4 Å². The van der Waals surface area contributed by atoms with Crippen LogP contribution in [0, 0.1) is 0 Å². The fraction of sp³-hybridized carbons (Fsp3) is 0.902. The SMILES string of the molecule is CCCCCCCC/C=C\CCCCCCCCCC(=O)OC[C@@H](COC(=O)CCCCCCCCCCCC)OC(=O)CCCCCCCCCCCCCC. The molecule has 57 heavy (non-hydrogen) atoms. The van der Waals surface area contributed by atoms with Crippen LogP contribution in [-0.4, -0.2) is 37.2 Å². The molecule has 0 aliphatic heterocycles. The Morgan fingerprint density at radius 3 is 0.877 bits per heavy atom. The minimum absolute atomic E-state index is 0.0665. The topological polar surface area (TPSA) is 78.9 Å². The molecular formula is C51H96O6. The summed E-state index contributed by atoms with van der Waals surface area (Å²) < 4.78 is 16.8. The molecule has 0 saturated heterocycles. The number of esters is 3. The van der Waals surface area contributed by atoms with Crippen molar-refractivity contribution >= 4 is 17.9 Å². The van der Waals surface area contributed by atoms with Crippen LogP contribution in [0.1, 0.15) is 278 Å². The number of allylic oxidation sites excluding steroid dienone is 2. The molecule has 1 atom stereocenters. The largest absolute Gasteiger partial charge is 0.462 e. The molecule has 0 N–H and O–H groups in total. The van der Waals surface area contributed by atoms with Crippen LogP contribution in [0.15, 0.2) is 12.2 Å². The molecule has 6 heteroatoms. The number of carbonyl (C=O) groups excluding carboxylic acids is 3. The van der Waals surface area contributed by atoms with Gasteiger partial charge in [0.2, 0.25) is 0 Å². The molecule has 0 aromatic rings. The van der Waals surface area contributed by atoms with E-state index in [9.17, 15) is 14.4 Å². The minimum atomic E-state index is -0.763. The van der Waals surface area contributed by atoms with Gasteiger partial charge in [-0.25, -0.2) is 0 Å². The Labute approximate surface area is 354 Å². The van der Waals surface area contributed by atoms with Crippen molar-refractivity contribution < 1.29 is 28.6 Å². The van der Waals surface area contributed by atoms with E-state index in [0.29, 0.717) is 19.3 Å². The Morgan fingerprint density at radius 1 is 0.333 bits per heavy atom. The lowest BCUT2D eigenvalue weighted by molar-refractivity contribution is -0.167. The van der Waals surface area contributed by atoms with Gasteiger partial charge in [-0.05, 0) is 44.9 Å². The van der Waals surface area contributed by atoms with Gasteiger partial charge < -0.3 is 14.2 Å². The third-order valence-electron chi connectivity index (χ3n) is 11.3. The first-order valence-corrected chi connectivity index (χ1v) is 25.2. The van der Waals surface area contributed by atoms with Crippen LogP contribution in [0.4, 0.5) is 0 Å². The van der Waals surface area contributed by atoms with Crippen molar-refractivity contribution in [3.05, 3.63) is 12.2 Å². The Bertz CT molecular complexity index is 885. The molecule has 0 bridgehead atoms. The molecular weight excluding hydrogens is 709 g/mol. The summed E-state index contributed by atoms with van der Waals surface area (Å²) in [5, 5.41) is 0. The first-order chi connectivity index (χ1) is 28.0.